The number of aromatic nitrogens is 1. The van der Waals surface area contributed by atoms with Crippen LogP contribution in [0.5, 0.6) is 0 Å². The third-order valence-electron chi connectivity index (χ3n) is 4.40. The van der Waals surface area contributed by atoms with Gasteiger partial charge in [0.25, 0.3) is 0 Å². The van der Waals surface area contributed by atoms with E-state index in [9.17, 15) is 22.8 Å². The first-order valence-electron chi connectivity index (χ1n) is 8.46. The van der Waals surface area contributed by atoms with Gasteiger partial charge in [-0.3, -0.25) is 9.59 Å². The molecule has 27 heavy (non-hydrogen) atoms. The third kappa shape index (κ3) is 5.72. The van der Waals surface area contributed by atoms with Crippen molar-refractivity contribution in [3.8, 4) is 0 Å². The summed E-state index contributed by atoms with van der Waals surface area (Å²) in [5.41, 5.74) is -0.898. The van der Waals surface area contributed by atoms with Crippen LogP contribution in [0.4, 0.5) is 19.0 Å². The average molecular weight is 408 g/mol. The molecule has 0 saturated carbocycles. The number of amides is 1. The average Bonchev–Trinajstić information content (AvgIpc) is 2.60. The molecule has 0 bridgehead atoms. The fraction of sp³-hybridized carbons (Fsp3) is 0.588. The van der Waals surface area contributed by atoms with E-state index in [0.717, 1.165) is 12.3 Å². The number of alkyl halides is 3. The molecule has 0 spiro atoms. The van der Waals surface area contributed by atoms with E-state index in [1.165, 1.54) is 7.11 Å². The predicted octanol–water partition coefficient (Wildman–Crippen LogP) is 3.04. The number of rotatable bonds is 5. The molecule has 1 aliphatic heterocycles. The zero-order valence-electron chi connectivity index (χ0n) is 15.0. The van der Waals surface area contributed by atoms with Gasteiger partial charge in [0, 0.05) is 31.2 Å². The summed E-state index contributed by atoms with van der Waals surface area (Å²) in [6, 6.07) is 0.519. The van der Waals surface area contributed by atoms with E-state index >= 15 is 0 Å². The number of anilines is 1. The van der Waals surface area contributed by atoms with Crippen LogP contribution in [-0.2, 0) is 20.5 Å². The van der Waals surface area contributed by atoms with Gasteiger partial charge in [-0.15, -0.1) is 0 Å². The van der Waals surface area contributed by atoms with Gasteiger partial charge in [-0.2, -0.15) is 13.2 Å². The Hall–Kier alpha value is -2.03. The number of nitrogens with one attached hydrogen (secondary N) is 1. The second kappa shape index (κ2) is 8.77. The Bertz CT molecular complexity index is 692. The lowest BCUT2D eigenvalue weighted by Gasteiger charge is -2.33. The van der Waals surface area contributed by atoms with Crippen molar-refractivity contribution in [3.05, 3.63) is 22.8 Å². The number of hydrogen-bond acceptors (Lipinski definition) is 5. The summed E-state index contributed by atoms with van der Waals surface area (Å²) >= 11 is 5.97. The number of carbonyl (C=O) groups excluding carboxylic acids is 2. The summed E-state index contributed by atoms with van der Waals surface area (Å²) in [6.07, 6.45) is -2.63. The van der Waals surface area contributed by atoms with E-state index in [0.29, 0.717) is 25.9 Å². The molecule has 1 atom stereocenters. The van der Waals surface area contributed by atoms with Crippen molar-refractivity contribution in [2.24, 2.45) is 5.92 Å². The van der Waals surface area contributed by atoms with Crippen LogP contribution in [0.15, 0.2) is 12.3 Å². The number of piperidine rings is 1. The quantitative estimate of drug-likeness (QED) is 0.760. The molecule has 6 nitrogen and oxygen atoms in total. The monoisotopic (exact) mass is 407 g/mol. The van der Waals surface area contributed by atoms with Crippen LogP contribution in [0.25, 0.3) is 0 Å². The number of hydrogen-bond donors (Lipinski definition) is 1. The first-order valence-corrected chi connectivity index (χ1v) is 8.84. The molecule has 2 heterocycles. The van der Waals surface area contributed by atoms with Gasteiger partial charge in [0.05, 0.1) is 24.1 Å². The number of pyridine rings is 1. The van der Waals surface area contributed by atoms with Gasteiger partial charge < -0.3 is 15.0 Å². The standard InChI is InChI=1S/C17H21ClF3N3O3/c1-10(7-14(25)27-2)23-16(26)11-3-5-24(6-4-11)15-13(18)8-12(9-22-15)17(19,20)21/h8-11H,3-7H2,1-2H3,(H,23,26). The highest BCUT2D eigenvalue weighted by molar-refractivity contribution is 6.33. The number of carbonyl (C=O) groups is 2. The van der Waals surface area contributed by atoms with E-state index in [1.54, 1.807) is 11.8 Å². The Morgan fingerprint density at radius 3 is 2.56 bits per heavy atom. The molecule has 0 aliphatic carbocycles. The van der Waals surface area contributed by atoms with Gasteiger partial charge in [-0.05, 0) is 25.8 Å². The molecule has 1 aromatic heterocycles. The lowest BCUT2D eigenvalue weighted by Crippen LogP contribution is -2.44. The minimum atomic E-state index is -4.50. The van der Waals surface area contributed by atoms with Crippen molar-refractivity contribution in [2.45, 2.75) is 38.4 Å². The largest absolute Gasteiger partial charge is 0.469 e. The predicted molar refractivity (Wildman–Crippen MR) is 93.4 cm³/mol. The SMILES string of the molecule is COC(=O)CC(C)NC(=O)C1CCN(c2ncc(C(F)(F)F)cc2Cl)CC1. The summed E-state index contributed by atoms with van der Waals surface area (Å²) in [6.45, 7) is 2.61. The minimum absolute atomic E-state index is 0.0700. The molecule has 1 saturated heterocycles. The number of esters is 1. The van der Waals surface area contributed by atoms with Gasteiger partial charge in [0.2, 0.25) is 5.91 Å². The molecule has 1 fully saturated rings. The molecular weight excluding hydrogens is 387 g/mol. The Morgan fingerprint density at radius 1 is 1.41 bits per heavy atom. The molecule has 0 radical (unpaired) electrons. The van der Waals surface area contributed by atoms with Gasteiger partial charge >= 0.3 is 12.1 Å². The fourth-order valence-corrected chi connectivity index (χ4v) is 3.20. The molecule has 1 unspecified atom stereocenters. The third-order valence-corrected chi connectivity index (χ3v) is 4.68. The topological polar surface area (TPSA) is 71.5 Å². The molecule has 10 heteroatoms. The van der Waals surface area contributed by atoms with Crippen molar-refractivity contribution in [1.82, 2.24) is 10.3 Å². The number of methoxy groups -OCH3 is 1. The van der Waals surface area contributed by atoms with E-state index in [4.69, 9.17) is 11.6 Å². The summed E-state index contributed by atoms with van der Waals surface area (Å²) in [4.78, 5) is 29.1. The molecule has 0 aromatic carbocycles. The second-order valence-electron chi connectivity index (χ2n) is 6.48. The minimum Gasteiger partial charge on any atom is -0.469 e. The lowest BCUT2D eigenvalue weighted by atomic mass is 9.95. The van der Waals surface area contributed by atoms with Crippen LogP contribution in [0.1, 0.15) is 31.7 Å². The van der Waals surface area contributed by atoms with E-state index < -0.39 is 17.7 Å². The molecular formula is C17H21ClF3N3O3. The second-order valence-corrected chi connectivity index (χ2v) is 6.89. The van der Waals surface area contributed by atoms with Crippen molar-refractivity contribution in [1.29, 1.82) is 0 Å². The Labute approximate surface area is 160 Å². The highest BCUT2D eigenvalue weighted by Gasteiger charge is 2.33. The molecule has 2 rings (SSSR count). The summed E-state index contributed by atoms with van der Waals surface area (Å²) < 4.78 is 42.7. The summed E-state index contributed by atoms with van der Waals surface area (Å²) in [7, 11) is 1.28. The Morgan fingerprint density at radius 2 is 2.04 bits per heavy atom. The zero-order chi connectivity index (χ0) is 20.2. The smallest absolute Gasteiger partial charge is 0.417 e. The molecule has 150 valence electrons. The van der Waals surface area contributed by atoms with Crippen LogP contribution in [-0.4, -0.2) is 43.1 Å². The van der Waals surface area contributed by atoms with E-state index in [-0.39, 0.29) is 35.1 Å². The van der Waals surface area contributed by atoms with Crippen molar-refractivity contribution in [3.63, 3.8) is 0 Å². The van der Waals surface area contributed by atoms with Crippen LogP contribution in [0, 0.1) is 5.92 Å². The van der Waals surface area contributed by atoms with Crippen LogP contribution >= 0.6 is 11.6 Å². The van der Waals surface area contributed by atoms with E-state index in [1.807, 2.05) is 0 Å². The first-order chi connectivity index (χ1) is 12.6. The fourth-order valence-electron chi connectivity index (χ4n) is 2.92. The molecule has 1 aromatic rings. The highest BCUT2D eigenvalue weighted by atomic mass is 35.5. The van der Waals surface area contributed by atoms with E-state index in [2.05, 4.69) is 15.0 Å². The zero-order valence-corrected chi connectivity index (χ0v) is 15.7. The maximum atomic E-state index is 12.7. The summed E-state index contributed by atoms with van der Waals surface area (Å²) in [5, 5.41) is 2.71. The summed E-state index contributed by atoms with van der Waals surface area (Å²) in [5.74, 6) is -0.518. The van der Waals surface area contributed by atoms with Gasteiger partial charge in [-0.25, -0.2) is 4.98 Å². The molecule has 1 N–H and O–H groups in total. The normalized spacial score (nSPS) is 16.7. The highest BCUT2D eigenvalue weighted by Crippen LogP contribution is 2.34. The van der Waals surface area contributed by atoms with Gasteiger partial charge in [0.15, 0.2) is 0 Å². The van der Waals surface area contributed by atoms with Crippen LogP contribution in [0.2, 0.25) is 5.02 Å². The van der Waals surface area contributed by atoms with Crippen LogP contribution < -0.4 is 10.2 Å². The van der Waals surface area contributed by atoms with Crippen molar-refractivity contribution >= 4 is 29.3 Å². The number of halogens is 4. The Balaban J connectivity index is 1.91. The van der Waals surface area contributed by atoms with Crippen molar-refractivity contribution < 1.29 is 27.5 Å². The maximum absolute atomic E-state index is 12.7. The number of nitrogens with zero attached hydrogens (tertiary/aromatic N) is 2. The van der Waals surface area contributed by atoms with Gasteiger partial charge in [-0.1, -0.05) is 11.6 Å². The lowest BCUT2D eigenvalue weighted by molar-refractivity contribution is -0.141. The van der Waals surface area contributed by atoms with Gasteiger partial charge in [0.1, 0.15) is 5.82 Å². The Kier molecular flexibility index (Phi) is 6.91. The molecule has 1 amide bonds. The number of ether oxygens (including phenoxy) is 1. The van der Waals surface area contributed by atoms with Crippen molar-refractivity contribution in [2.75, 3.05) is 25.1 Å². The maximum Gasteiger partial charge on any atom is 0.417 e. The van der Waals surface area contributed by atoms with Crippen LogP contribution in [0.3, 0.4) is 0 Å². The first kappa shape index (κ1) is 21.3. The molecule has 1 aliphatic rings.